The van der Waals surface area contributed by atoms with E-state index >= 15 is 0 Å². The number of rotatable bonds is 2. The number of carbonyl (C=O) groups excluding carboxylic acids is 1. The number of nitrogens with zero attached hydrogens (tertiary/aromatic N) is 1. The molecule has 2 aromatic carbocycles. The molecule has 0 N–H and O–H groups in total. The molecule has 1 aliphatic heterocycles. The van der Waals surface area contributed by atoms with Gasteiger partial charge >= 0.3 is 0 Å². The minimum Gasteiger partial charge on any atom is -0.308 e. The van der Waals surface area contributed by atoms with E-state index in [4.69, 9.17) is 0 Å². The van der Waals surface area contributed by atoms with Crippen molar-refractivity contribution in [1.82, 2.24) is 0 Å². The van der Waals surface area contributed by atoms with Crippen LogP contribution < -0.4 is 4.90 Å². The number of hydrogen-bond acceptors (Lipinski definition) is 1. The standard InChI is InChI=1S/C17H15NO/c1-2-17(19)18-12-15(13-8-4-3-5-9-13)14-10-6-7-11-16(14)18/h2-11,15H,1,12H2. The van der Waals surface area contributed by atoms with E-state index in [1.807, 2.05) is 36.4 Å². The average molecular weight is 249 g/mol. The summed E-state index contributed by atoms with van der Waals surface area (Å²) in [6, 6.07) is 18.4. The predicted octanol–water partition coefficient (Wildman–Crippen LogP) is 3.35. The van der Waals surface area contributed by atoms with Crippen molar-refractivity contribution in [1.29, 1.82) is 0 Å². The number of fused-ring (bicyclic) bond motifs is 1. The lowest BCUT2D eigenvalue weighted by atomic mass is 9.93. The number of amides is 1. The quantitative estimate of drug-likeness (QED) is 0.747. The topological polar surface area (TPSA) is 20.3 Å². The van der Waals surface area contributed by atoms with E-state index in [0.29, 0.717) is 6.54 Å². The van der Waals surface area contributed by atoms with Gasteiger partial charge in [0.05, 0.1) is 0 Å². The first kappa shape index (κ1) is 11.7. The molecule has 0 spiro atoms. The van der Waals surface area contributed by atoms with Gasteiger partial charge in [-0.05, 0) is 23.3 Å². The molecule has 0 bridgehead atoms. The van der Waals surface area contributed by atoms with Crippen LogP contribution in [0.4, 0.5) is 5.69 Å². The predicted molar refractivity (Wildman–Crippen MR) is 77.3 cm³/mol. The zero-order valence-electron chi connectivity index (χ0n) is 10.6. The van der Waals surface area contributed by atoms with Gasteiger partial charge in [-0.2, -0.15) is 0 Å². The Bertz CT molecular complexity index is 618. The Morgan fingerprint density at radius 3 is 2.53 bits per heavy atom. The van der Waals surface area contributed by atoms with Crippen LogP contribution in [0, 0.1) is 0 Å². The largest absolute Gasteiger partial charge is 0.308 e. The SMILES string of the molecule is C=CC(=O)N1CC(c2ccccc2)c2ccccc21. The van der Waals surface area contributed by atoms with Gasteiger partial charge in [-0.1, -0.05) is 55.1 Å². The zero-order valence-corrected chi connectivity index (χ0v) is 10.6. The summed E-state index contributed by atoms with van der Waals surface area (Å²) in [7, 11) is 0. The van der Waals surface area contributed by atoms with Gasteiger partial charge < -0.3 is 4.90 Å². The van der Waals surface area contributed by atoms with Crippen LogP contribution in [0.25, 0.3) is 0 Å². The van der Waals surface area contributed by atoms with Crippen molar-refractivity contribution in [3.63, 3.8) is 0 Å². The molecule has 1 atom stereocenters. The summed E-state index contributed by atoms with van der Waals surface area (Å²) >= 11 is 0. The van der Waals surface area contributed by atoms with Gasteiger partial charge in [-0.3, -0.25) is 4.79 Å². The van der Waals surface area contributed by atoms with Crippen LogP contribution in [0.15, 0.2) is 67.3 Å². The Morgan fingerprint density at radius 2 is 1.79 bits per heavy atom. The van der Waals surface area contributed by atoms with Crippen molar-refractivity contribution < 1.29 is 4.79 Å². The van der Waals surface area contributed by atoms with E-state index in [1.54, 1.807) is 4.90 Å². The van der Waals surface area contributed by atoms with Crippen molar-refractivity contribution in [2.24, 2.45) is 0 Å². The maximum Gasteiger partial charge on any atom is 0.250 e. The lowest BCUT2D eigenvalue weighted by Gasteiger charge is -2.15. The number of hydrogen-bond donors (Lipinski definition) is 0. The first-order chi connectivity index (χ1) is 9.31. The zero-order chi connectivity index (χ0) is 13.2. The summed E-state index contributed by atoms with van der Waals surface area (Å²) in [5.41, 5.74) is 3.46. The summed E-state index contributed by atoms with van der Waals surface area (Å²) in [4.78, 5) is 13.8. The van der Waals surface area contributed by atoms with Crippen molar-refractivity contribution >= 4 is 11.6 Å². The second kappa shape index (κ2) is 4.73. The summed E-state index contributed by atoms with van der Waals surface area (Å²) in [6.45, 7) is 4.27. The molecule has 1 heterocycles. The van der Waals surface area contributed by atoms with E-state index in [2.05, 4.69) is 24.8 Å². The molecule has 0 fully saturated rings. The van der Waals surface area contributed by atoms with Gasteiger partial charge in [0.25, 0.3) is 0 Å². The van der Waals surface area contributed by atoms with Gasteiger partial charge in [-0.15, -0.1) is 0 Å². The summed E-state index contributed by atoms with van der Waals surface area (Å²) < 4.78 is 0. The second-order valence-electron chi connectivity index (χ2n) is 4.68. The molecule has 0 saturated carbocycles. The van der Waals surface area contributed by atoms with Gasteiger partial charge in [0, 0.05) is 18.2 Å². The van der Waals surface area contributed by atoms with Gasteiger partial charge in [0.15, 0.2) is 0 Å². The molecule has 2 heteroatoms. The van der Waals surface area contributed by atoms with Crippen molar-refractivity contribution in [3.05, 3.63) is 78.4 Å². The van der Waals surface area contributed by atoms with Crippen LogP contribution in [0.3, 0.4) is 0 Å². The lowest BCUT2D eigenvalue weighted by Crippen LogP contribution is -2.27. The van der Waals surface area contributed by atoms with E-state index in [0.717, 1.165) is 5.69 Å². The highest BCUT2D eigenvalue weighted by Gasteiger charge is 2.31. The van der Waals surface area contributed by atoms with Crippen LogP contribution in [-0.2, 0) is 4.79 Å². The Labute approximate surface area is 113 Å². The molecule has 3 rings (SSSR count). The van der Waals surface area contributed by atoms with Crippen LogP contribution >= 0.6 is 0 Å². The molecule has 1 unspecified atom stereocenters. The smallest absolute Gasteiger partial charge is 0.250 e. The Morgan fingerprint density at radius 1 is 1.11 bits per heavy atom. The third-order valence-electron chi connectivity index (χ3n) is 3.61. The average Bonchev–Trinajstić information content (AvgIpc) is 2.87. The number of carbonyl (C=O) groups is 1. The summed E-state index contributed by atoms with van der Waals surface area (Å²) in [5, 5.41) is 0. The molecular weight excluding hydrogens is 234 g/mol. The van der Waals surface area contributed by atoms with Crippen molar-refractivity contribution in [3.8, 4) is 0 Å². The summed E-state index contributed by atoms with van der Waals surface area (Å²) in [5.74, 6) is 0.215. The first-order valence-electron chi connectivity index (χ1n) is 6.39. The Kier molecular flexibility index (Phi) is 2.92. The van der Waals surface area contributed by atoms with E-state index in [9.17, 15) is 4.79 Å². The normalized spacial score (nSPS) is 17.1. The highest BCUT2D eigenvalue weighted by Crippen LogP contribution is 2.39. The molecule has 2 nitrogen and oxygen atoms in total. The van der Waals surface area contributed by atoms with Crippen molar-refractivity contribution in [2.75, 3.05) is 11.4 Å². The Balaban J connectivity index is 2.06. The van der Waals surface area contributed by atoms with E-state index < -0.39 is 0 Å². The number of benzene rings is 2. The van der Waals surface area contributed by atoms with Crippen LogP contribution in [0.1, 0.15) is 17.0 Å². The van der Waals surface area contributed by atoms with E-state index in [-0.39, 0.29) is 11.8 Å². The molecule has 0 radical (unpaired) electrons. The van der Waals surface area contributed by atoms with E-state index in [1.165, 1.54) is 17.2 Å². The minimum atomic E-state index is -0.0362. The van der Waals surface area contributed by atoms with Crippen LogP contribution in [-0.4, -0.2) is 12.5 Å². The fourth-order valence-corrected chi connectivity index (χ4v) is 2.70. The molecule has 2 aromatic rings. The third-order valence-corrected chi connectivity index (χ3v) is 3.61. The van der Waals surface area contributed by atoms with Gasteiger partial charge in [0.2, 0.25) is 5.91 Å². The fourth-order valence-electron chi connectivity index (χ4n) is 2.70. The molecule has 94 valence electrons. The van der Waals surface area contributed by atoms with Gasteiger partial charge in [-0.25, -0.2) is 0 Å². The molecule has 0 aliphatic carbocycles. The first-order valence-corrected chi connectivity index (χ1v) is 6.39. The van der Waals surface area contributed by atoms with Gasteiger partial charge in [0.1, 0.15) is 0 Å². The number of para-hydroxylation sites is 1. The second-order valence-corrected chi connectivity index (χ2v) is 4.68. The monoisotopic (exact) mass is 249 g/mol. The van der Waals surface area contributed by atoms with Crippen LogP contribution in [0.2, 0.25) is 0 Å². The lowest BCUT2D eigenvalue weighted by molar-refractivity contribution is -0.114. The summed E-state index contributed by atoms with van der Waals surface area (Å²) in [6.07, 6.45) is 1.38. The maximum atomic E-state index is 12.0. The maximum absolute atomic E-state index is 12.0. The molecule has 1 amide bonds. The molecule has 0 saturated heterocycles. The molecule has 0 aromatic heterocycles. The number of anilines is 1. The highest BCUT2D eigenvalue weighted by molar-refractivity contribution is 6.03. The van der Waals surface area contributed by atoms with Crippen molar-refractivity contribution in [2.45, 2.75) is 5.92 Å². The van der Waals surface area contributed by atoms with Crippen LogP contribution in [0.5, 0.6) is 0 Å². The molecular formula is C17H15NO. The fraction of sp³-hybridized carbons (Fsp3) is 0.118. The molecule has 19 heavy (non-hydrogen) atoms. The highest BCUT2D eigenvalue weighted by atomic mass is 16.2. The molecule has 1 aliphatic rings. The minimum absolute atomic E-state index is 0.0362. The Hall–Kier alpha value is -2.35. The third kappa shape index (κ3) is 1.95.